The van der Waals surface area contributed by atoms with Gasteiger partial charge < -0.3 is 14.2 Å². The zero-order valence-corrected chi connectivity index (χ0v) is 38.2. The number of fused-ring (bicyclic) bond motifs is 13. The summed E-state index contributed by atoms with van der Waals surface area (Å²) in [5, 5.41) is 2.19. The van der Waals surface area contributed by atoms with Crippen LogP contribution in [0.4, 0.5) is 34.1 Å². The van der Waals surface area contributed by atoms with Gasteiger partial charge in [-0.05, 0) is 141 Å². The molecule has 328 valence electrons. The van der Waals surface area contributed by atoms with Gasteiger partial charge in [0.2, 0.25) is 0 Å². The second-order valence-electron chi connectivity index (χ2n) is 18.4. The molecule has 1 heterocycles. The van der Waals surface area contributed by atoms with Crippen LogP contribution in [0.1, 0.15) is 22.3 Å². The Bertz CT molecular complexity index is 3890. The summed E-state index contributed by atoms with van der Waals surface area (Å²) >= 11 is 0. The Kier molecular flexibility index (Phi) is 9.11. The lowest BCUT2D eigenvalue weighted by Crippen LogP contribution is -2.27. The summed E-state index contributed by atoms with van der Waals surface area (Å²) in [4.78, 5) is 4.90. The van der Waals surface area contributed by atoms with Crippen molar-refractivity contribution in [3.8, 4) is 44.5 Å². The molecule has 3 nitrogen and oxygen atoms in total. The maximum absolute atomic E-state index is 6.42. The van der Waals surface area contributed by atoms with E-state index in [1.165, 1.54) is 55.6 Å². The van der Waals surface area contributed by atoms with Gasteiger partial charge in [0, 0.05) is 44.6 Å². The summed E-state index contributed by atoms with van der Waals surface area (Å²) < 4.78 is 6.42. The minimum atomic E-state index is -0.669. The largest absolute Gasteiger partial charge is 0.456 e. The zero-order valence-electron chi connectivity index (χ0n) is 38.2. The third-order valence-corrected chi connectivity index (χ3v) is 14.6. The first kappa shape index (κ1) is 39.9. The smallest absolute Gasteiger partial charge is 0.135 e. The van der Waals surface area contributed by atoms with Gasteiger partial charge in [0.25, 0.3) is 0 Å². The van der Waals surface area contributed by atoms with Gasteiger partial charge in [-0.15, -0.1) is 0 Å². The molecule has 0 radical (unpaired) electrons. The van der Waals surface area contributed by atoms with E-state index in [4.69, 9.17) is 4.42 Å². The van der Waals surface area contributed by atoms with E-state index >= 15 is 0 Å². The van der Waals surface area contributed by atoms with Crippen LogP contribution in [-0.4, -0.2) is 0 Å². The van der Waals surface area contributed by atoms with E-state index in [-0.39, 0.29) is 0 Å². The van der Waals surface area contributed by atoms with E-state index in [9.17, 15) is 0 Å². The molecule has 0 bridgehead atoms. The van der Waals surface area contributed by atoms with E-state index in [2.05, 4.69) is 271 Å². The highest BCUT2D eigenvalue weighted by atomic mass is 16.3. The second-order valence-corrected chi connectivity index (χ2v) is 18.4. The summed E-state index contributed by atoms with van der Waals surface area (Å²) in [7, 11) is 0. The van der Waals surface area contributed by atoms with E-state index < -0.39 is 5.41 Å². The van der Waals surface area contributed by atoms with Crippen LogP contribution in [0.2, 0.25) is 0 Å². The molecule has 1 atom stereocenters. The van der Waals surface area contributed by atoms with Crippen molar-refractivity contribution in [1.29, 1.82) is 0 Å². The number of furan rings is 1. The number of hydrogen-bond donors (Lipinski definition) is 0. The molecule has 2 aliphatic carbocycles. The van der Waals surface area contributed by atoms with Crippen molar-refractivity contribution in [1.82, 2.24) is 0 Å². The number of nitrogens with zero attached hydrogens (tertiary/aromatic N) is 2. The summed E-state index contributed by atoms with van der Waals surface area (Å²) in [6, 6.07) is 97.6. The molecule has 0 saturated carbocycles. The van der Waals surface area contributed by atoms with Gasteiger partial charge in [0.15, 0.2) is 0 Å². The molecular weight excluding hydrogens is 849 g/mol. The summed E-state index contributed by atoms with van der Waals surface area (Å²) in [6.45, 7) is 0. The van der Waals surface area contributed by atoms with E-state index in [0.29, 0.717) is 0 Å². The molecule has 0 saturated heterocycles. The Hall–Kier alpha value is -9.18. The predicted molar refractivity (Wildman–Crippen MR) is 290 cm³/mol. The first-order valence-corrected chi connectivity index (χ1v) is 24.1. The number of rotatable bonds is 8. The van der Waals surface area contributed by atoms with Gasteiger partial charge in [-0.1, -0.05) is 182 Å². The fourth-order valence-corrected chi connectivity index (χ4v) is 11.7. The fourth-order valence-electron chi connectivity index (χ4n) is 11.7. The van der Waals surface area contributed by atoms with E-state index in [0.717, 1.165) is 67.2 Å². The Morgan fingerprint density at radius 1 is 0.257 bits per heavy atom. The van der Waals surface area contributed by atoms with Crippen LogP contribution in [0.3, 0.4) is 0 Å². The third-order valence-electron chi connectivity index (χ3n) is 14.6. The quantitative estimate of drug-likeness (QED) is 0.152. The van der Waals surface area contributed by atoms with E-state index in [1.54, 1.807) is 0 Å². The van der Waals surface area contributed by atoms with E-state index in [1.807, 2.05) is 6.07 Å². The van der Waals surface area contributed by atoms with Crippen molar-refractivity contribution in [3.05, 3.63) is 289 Å². The Labute approximate surface area is 407 Å². The first-order valence-electron chi connectivity index (χ1n) is 24.1. The summed E-state index contributed by atoms with van der Waals surface area (Å²) in [5.41, 5.74) is 22.3. The monoisotopic (exact) mass is 892 g/mol. The topological polar surface area (TPSA) is 19.6 Å². The van der Waals surface area contributed by atoms with Crippen LogP contribution in [0.15, 0.2) is 271 Å². The molecule has 2 aliphatic rings. The number of para-hydroxylation sites is 4. The van der Waals surface area contributed by atoms with Crippen molar-refractivity contribution in [2.24, 2.45) is 0 Å². The predicted octanol–water partition coefficient (Wildman–Crippen LogP) is 18.2. The standard InChI is InChI=1S/C67H44N2O/c1-6-22-45(23-7-1)54-41-56-51-32-16-19-35-59(51)67(61(56)43-63(54)68(47-26-10-3-11-27-47)48-28-12-4-13-29-48)60-36-20-17-33-52(60)57-42-55(46-24-8-2-9-25-46)64(44-62(57)67)69(49-30-14-5-15-31-49)50-38-39-66-58(40-50)53-34-18-21-37-65(53)70-66/h1-44H. The highest BCUT2D eigenvalue weighted by Gasteiger charge is 2.52. The normalized spacial score (nSPS) is 14.1. The fraction of sp³-hybridized carbons (Fsp3) is 0.0149. The van der Waals surface area contributed by atoms with Gasteiger partial charge in [0.1, 0.15) is 11.2 Å². The average Bonchev–Trinajstić information content (AvgIpc) is 4.05. The number of hydrogen-bond acceptors (Lipinski definition) is 3. The highest BCUT2D eigenvalue weighted by molar-refractivity contribution is 6.08. The number of anilines is 6. The molecule has 1 spiro atoms. The van der Waals surface area contributed by atoms with Crippen molar-refractivity contribution in [2.45, 2.75) is 5.41 Å². The highest BCUT2D eigenvalue weighted by Crippen LogP contribution is 2.65. The SMILES string of the molecule is c1ccc(-c2cc3c(cc2N(c2ccccc2)c2ccccc2)C2(c4ccccc4-3)c3ccccc3-c3cc(-c4ccccc4)c(N(c4ccccc4)c4ccc5oc6ccccc6c5c4)cc32)cc1. The maximum Gasteiger partial charge on any atom is 0.135 e. The molecule has 1 aromatic heterocycles. The maximum atomic E-state index is 6.42. The van der Waals surface area contributed by atoms with Crippen molar-refractivity contribution < 1.29 is 4.42 Å². The van der Waals surface area contributed by atoms with Crippen molar-refractivity contribution >= 4 is 56.1 Å². The molecule has 1 unspecified atom stereocenters. The lowest BCUT2D eigenvalue weighted by molar-refractivity contribution is 0.669. The Balaban J connectivity index is 1.11. The molecule has 0 amide bonds. The lowest BCUT2D eigenvalue weighted by Gasteiger charge is -2.34. The number of benzene rings is 11. The zero-order chi connectivity index (χ0) is 46.2. The van der Waals surface area contributed by atoms with Crippen LogP contribution >= 0.6 is 0 Å². The van der Waals surface area contributed by atoms with Crippen molar-refractivity contribution in [3.63, 3.8) is 0 Å². The summed E-state index contributed by atoms with van der Waals surface area (Å²) in [6.07, 6.45) is 0. The van der Waals surface area contributed by atoms with Crippen LogP contribution in [-0.2, 0) is 5.41 Å². The van der Waals surface area contributed by atoms with Crippen molar-refractivity contribution in [2.75, 3.05) is 9.80 Å². The van der Waals surface area contributed by atoms with Crippen LogP contribution in [0.5, 0.6) is 0 Å². The van der Waals surface area contributed by atoms with Gasteiger partial charge in [0.05, 0.1) is 16.8 Å². The molecule has 14 rings (SSSR count). The second kappa shape index (κ2) is 16.0. The molecule has 0 N–H and O–H groups in total. The lowest BCUT2D eigenvalue weighted by atomic mass is 9.70. The molecule has 70 heavy (non-hydrogen) atoms. The Morgan fingerprint density at radius 3 is 1.16 bits per heavy atom. The molecule has 0 fully saturated rings. The minimum Gasteiger partial charge on any atom is -0.456 e. The van der Waals surface area contributed by atoms with Crippen LogP contribution < -0.4 is 9.80 Å². The molecule has 3 heteroatoms. The molecule has 11 aromatic carbocycles. The van der Waals surface area contributed by atoms with Crippen LogP contribution in [0, 0.1) is 0 Å². The summed E-state index contributed by atoms with van der Waals surface area (Å²) in [5.74, 6) is 0. The minimum absolute atomic E-state index is 0.669. The molecule has 0 aliphatic heterocycles. The molecular formula is C67H44N2O. The third kappa shape index (κ3) is 6.01. The van der Waals surface area contributed by atoms with Gasteiger partial charge >= 0.3 is 0 Å². The van der Waals surface area contributed by atoms with Gasteiger partial charge in [-0.2, -0.15) is 0 Å². The first-order chi connectivity index (χ1) is 34.7. The molecule has 12 aromatic rings. The Morgan fingerprint density at radius 2 is 0.657 bits per heavy atom. The van der Waals surface area contributed by atoms with Gasteiger partial charge in [-0.3, -0.25) is 0 Å². The average molecular weight is 893 g/mol. The van der Waals surface area contributed by atoms with Gasteiger partial charge in [-0.25, -0.2) is 0 Å². The van der Waals surface area contributed by atoms with Crippen LogP contribution in [0.25, 0.3) is 66.4 Å².